The number of aromatic nitrogens is 3. The molecule has 1 saturated carbocycles. The largest absolute Gasteiger partial charge is 0.363 e. The Morgan fingerprint density at radius 3 is 2.94 bits per heavy atom. The number of hydrogen-bond donors (Lipinski definition) is 4. The van der Waals surface area contributed by atoms with Crippen LogP contribution in [-0.4, -0.2) is 51.5 Å². The fraction of sp³-hybridized carbons (Fsp3) is 0.524. The third-order valence-electron chi connectivity index (χ3n) is 5.59. The molecule has 2 aromatic heterocycles. The Balaban J connectivity index is 1.56. The van der Waals surface area contributed by atoms with Gasteiger partial charge in [0.25, 0.3) is 0 Å². The number of aromatic amines is 1. The zero-order chi connectivity index (χ0) is 21.8. The van der Waals surface area contributed by atoms with Gasteiger partial charge in [-0.3, -0.25) is 4.99 Å². The van der Waals surface area contributed by atoms with Crippen molar-refractivity contribution in [3.8, 4) is 11.4 Å². The summed E-state index contributed by atoms with van der Waals surface area (Å²) < 4.78 is 14.6. The molecule has 2 aliphatic rings. The maximum absolute atomic E-state index is 14.6. The molecule has 0 radical (unpaired) electrons. The molecule has 1 fully saturated rings. The van der Waals surface area contributed by atoms with E-state index in [1.165, 1.54) is 6.20 Å². The zero-order valence-electron chi connectivity index (χ0n) is 17.4. The third-order valence-corrected chi connectivity index (χ3v) is 5.86. The van der Waals surface area contributed by atoms with Gasteiger partial charge >= 0.3 is 6.03 Å². The molecule has 4 rings (SSSR count). The molecule has 10 heteroatoms. The minimum Gasteiger partial charge on any atom is -0.363 e. The average molecular weight is 448 g/mol. The van der Waals surface area contributed by atoms with Gasteiger partial charge in [0.2, 0.25) is 0 Å². The molecule has 1 aliphatic carbocycles. The number of amides is 2. The number of H-pyrrole nitrogens is 1. The topological polar surface area (TPSA) is 107 Å². The summed E-state index contributed by atoms with van der Waals surface area (Å²) in [6.45, 7) is 3.13. The summed E-state index contributed by atoms with van der Waals surface area (Å²) in [6.07, 6.45) is 9.38. The van der Waals surface area contributed by atoms with Gasteiger partial charge in [0, 0.05) is 29.6 Å². The normalized spacial score (nSPS) is 22.6. The Morgan fingerprint density at radius 2 is 2.13 bits per heavy atom. The van der Waals surface area contributed by atoms with Crippen molar-refractivity contribution in [2.75, 3.05) is 18.4 Å². The number of carbonyl (C=O) groups is 1. The van der Waals surface area contributed by atoms with E-state index < -0.39 is 5.82 Å². The van der Waals surface area contributed by atoms with Gasteiger partial charge in [-0.1, -0.05) is 25.8 Å². The van der Waals surface area contributed by atoms with Gasteiger partial charge < -0.3 is 20.9 Å². The second-order valence-electron chi connectivity index (χ2n) is 7.92. The number of nitrogens with one attached hydrogen (secondary N) is 4. The van der Waals surface area contributed by atoms with Gasteiger partial charge in [0.05, 0.1) is 24.2 Å². The van der Waals surface area contributed by atoms with Crippen LogP contribution < -0.4 is 26.7 Å². The lowest BCUT2D eigenvalue weighted by Crippen LogP contribution is -2.51. The van der Waals surface area contributed by atoms with E-state index in [0.717, 1.165) is 48.4 Å². The molecule has 3 heterocycles. The van der Waals surface area contributed by atoms with Gasteiger partial charge in [0.1, 0.15) is 5.49 Å². The van der Waals surface area contributed by atoms with Gasteiger partial charge in [0.15, 0.2) is 17.5 Å². The van der Waals surface area contributed by atoms with Crippen molar-refractivity contribution >= 4 is 29.5 Å². The van der Waals surface area contributed by atoms with Crippen LogP contribution in [0, 0.1) is 5.82 Å². The fourth-order valence-electron chi connectivity index (χ4n) is 4.03. The van der Waals surface area contributed by atoms with Gasteiger partial charge in [-0.2, -0.15) is 0 Å². The maximum Gasteiger partial charge on any atom is 0.315 e. The van der Waals surface area contributed by atoms with E-state index in [0.29, 0.717) is 18.9 Å². The highest BCUT2D eigenvalue weighted by molar-refractivity contribution is 6.24. The molecule has 2 amide bonds. The molecule has 0 spiro atoms. The lowest BCUT2D eigenvalue weighted by molar-refractivity contribution is 0.230. The standard InChI is InChI=1S/C21H27ClFN7O/c1-2-7-24-21(31)29-17-6-4-3-5-16(17)28-20-15(23)11-27-19(30-20)14-10-26-18-13(14)8-12(22)9-25-18/h8,10-12,16-17H,2-7,9H2,1H3,(H,25,26)(H2,24,29,31)(H,27,28,30)/t12?,16-,17-/m1/s1. The number of nitrogens with zero attached hydrogens (tertiary/aromatic N) is 3. The van der Waals surface area contributed by atoms with Crippen LogP contribution >= 0.6 is 11.6 Å². The molecule has 31 heavy (non-hydrogen) atoms. The smallest absolute Gasteiger partial charge is 0.315 e. The number of halogens is 2. The minimum absolute atomic E-state index is 0.104. The highest BCUT2D eigenvalue weighted by atomic mass is 35.5. The molecule has 8 nitrogen and oxygen atoms in total. The Morgan fingerprint density at radius 1 is 1.32 bits per heavy atom. The fourth-order valence-corrected chi connectivity index (χ4v) is 4.22. The minimum atomic E-state index is -0.531. The zero-order valence-corrected chi connectivity index (χ0v) is 18.2. The van der Waals surface area contributed by atoms with Crippen LogP contribution in [0.5, 0.6) is 0 Å². The van der Waals surface area contributed by atoms with E-state index in [-0.39, 0.29) is 29.3 Å². The molecule has 0 aromatic carbocycles. The van der Waals surface area contributed by atoms with E-state index in [4.69, 9.17) is 11.6 Å². The van der Waals surface area contributed by atoms with Crippen molar-refractivity contribution in [2.24, 2.45) is 4.99 Å². The predicted octanol–water partition coefficient (Wildman–Crippen LogP) is 2.06. The Hall–Kier alpha value is -2.68. The predicted molar refractivity (Wildman–Crippen MR) is 118 cm³/mol. The lowest BCUT2D eigenvalue weighted by Gasteiger charge is -2.33. The van der Waals surface area contributed by atoms with Crippen molar-refractivity contribution in [1.29, 1.82) is 0 Å². The molecule has 1 aliphatic heterocycles. The van der Waals surface area contributed by atoms with Crippen LogP contribution in [0.4, 0.5) is 15.0 Å². The quantitative estimate of drug-likeness (QED) is 0.508. The van der Waals surface area contributed by atoms with E-state index in [1.54, 1.807) is 6.20 Å². The lowest BCUT2D eigenvalue weighted by atomic mass is 9.90. The van der Waals surface area contributed by atoms with E-state index in [9.17, 15) is 9.18 Å². The second-order valence-corrected chi connectivity index (χ2v) is 8.48. The average Bonchev–Trinajstić information content (AvgIpc) is 3.18. The molecule has 4 N–H and O–H groups in total. The number of rotatable bonds is 6. The first-order valence-corrected chi connectivity index (χ1v) is 11.2. The third kappa shape index (κ3) is 4.98. The molecule has 2 aromatic rings. The number of carbonyl (C=O) groups excluding carboxylic acids is 1. The maximum atomic E-state index is 14.6. The number of anilines is 1. The van der Waals surface area contributed by atoms with Gasteiger partial charge in [-0.05, 0) is 19.3 Å². The SMILES string of the molecule is CCCNC(=O)N[C@@H]1CCCC[C@H]1Nc1nc(-c2c[nH]c3c2=CC(Cl)CN=3)ncc1F. The first kappa shape index (κ1) is 21.5. The summed E-state index contributed by atoms with van der Waals surface area (Å²) in [5.74, 6) is -0.0146. The summed E-state index contributed by atoms with van der Waals surface area (Å²) in [4.78, 5) is 28.3. The van der Waals surface area contributed by atoms with Crippen LogP contribution in [0.1, 0.15) is 39.0 Å². The van der Waals surface area contributed by atoms with Crippen molar-refractivity contribution in [1.82, 2.24) is 25.6 Å². The number of fused-ring (bicyclic) bond motifs is 1. The van der Waals surface area contributed by atoms with Crippen LogP contribution in [-0.2, 0) is 0 Å². The molecule has 0 bridgehead atoms. The van der Waals surface area contributed by atoms with Crippen molar-refractivity contribution in [3.63, 3.8) is 0 Å². The Bertz CT molecular complexity index is 1060. The van der Waals surface area contributed by atoms with Gasteiger partial charge in [-0.15, -0.1) is 11.6 Å². The number of hydrogen-bond acceptors (Lipinski definition) is 5. The molecule has 1 unspecified atom stereocenters. The Labute approximate surface area is 184 Å². The van der Waals surface area contributed by atoms with E-state index in [2.05, 4.69) is 35.9 Å². The highest BCUT2D eigenvalue weighted by Gasteiger charge is 2.28. The van der Waals surface area contributed by atoms with Crippen molar-refractivity contribution in [3.05, 3.63) is 28.9 Å². The highest BCUT2D eigenvalue weighted by Crippen LogP contribution is 2.24. The van der Waals surface area contributed by atoms with Crippen LogP contribution in [0.25, 0.3) is 17.5 Å². The van der Waals surface area contributed by atoms with Crippen molar-refractivity contribution < 1.29 is 9.18 Å². The number of urea groups is 1. The monoisotopic (exact) mass is 447 g/mol. The molecule has 0 saturated heterocycles. The van der Waals surface area contributed by atoms with Crippen LogP contribution in [0.3, 0.4) is 0 Å². The van der Waals surface area contributed by atoms with Gasteiger partial charge in [-0.25, -0.2) is 19.2 Å². The molecular weight excluding hydrogens is 421 g/mol. The summed E-state index contributed by atoms with van der Waals surface area (Å²) in [5.41, 5.74) is 1.45. The van der Waals surface area contributed by atoms with Crippen molar-refractivity contribution in [2.45, 2.75) is 56.5 Å². The van der Waals surface area contributed by atoms with E-state index >= 15 is 0 Å². The molecule has 3 atom stereocenters. The molecular formula is C21H27ClFN7O. The molecule has 166 valence electrons. The number of alkyl halides is 1. The second kappa shape index (κ2) is 9.64. The Kier molecular flexibility index (Phi) is 6.70. The summed E-state index contributed by atoms with van der Waals surface area (Å²) in [6, 6.07) is -0.418. The van der Waals surface area contributed by atoms with E-state index in [1.807, 2.05) is 13.0 Å². The first-order chi connectivity index (χ1) is 15.0. The summed E-state index contributed by atoms with van der Waals surface area (Å²) >= 11 is 6.22. The first-order valence-electron chi connectivity index (χ1n) is 10.8. The van der Waals surface area contributed by atoms with Crippen LogP contribution in [0.2, 0.25) is 0 Å². The summed E-state index contributed by atoms with van der Waals surface area (Å²) in [7, 11) is 0. The van der Waals surface area contributed by atoms with Crippen LogP contribution in [0.15, 0.2) is 17.4 Å². The summed E-state index contributed by atoms with van der Waals surface area (Å²) in [5, 5.41) is 9.69.